The van der Waals surface area contributed by atoms with E-state index < -0.39 is 5.97 Å². The summed E-state index contributed by atoms with van der Waals surface area (Å²) in [4.78, 5) is 11.4. The number of hydrogen-bond acceptors (Lipinski definition) is 3. The molecular formula is C13H14BrN3O2. The first-order valence-electron chi connectivity index (χ1n) is 6.29. The van der Waals surface area contributed by atoms with Gasteiger partial charge in [0.25, 0.3) is 0 Å². The third kappa shape index (κ3) is 2.14. The molecule has 100 valence electrons. The maximum Gasteiger partial charge on any atom is 0.307 e. The lowest BCUT2D eigenvalue weighted by molar-refractivity contribution is -0.142. The first kappa shape index (κ1) is 12.6. The summed E-state index contributed by atoms with van der Waals surface area (Å²) in [5.41, 5.74) is 0.752. The Hall–Kier alpha value is -1.43. The maximum atomic E-state index is 11.4. The summed E-state index contributed by atoms with van der Waals surface area (Å²) in [5, 5.41) is 17.7. The van der Waals surface area contributed by atoms with Gasteiger partial charge in [-0.1, -0.05) is 6.92 Å². The predicted octanol–water partition coefficient (Wildman–Crippen LogP) is 2.71. The van der Waals surface area contributed by atoms with Crippen LogP contribution in [-0.2, 0) is 4.79 Å². The van der Waals surface area contributed by atoms with Crippen molar-refractivity contribution in [1.29, 1.82) is 0 Å². The largest absolute Gasteiger partial charge is 0.481 e. The molecule has 3 atom stereocenters. The number of pyridine rings is 1. The number of nitrogens with zero attached hydrogens (tertiary/aromatic N) is 3. The van der Waals surface area contributed by atoms with E-state index in [-0.39, 0.29) is 11.8 Å². The number of aromatic nitrogens is 3. The van der Waals surface area contributed by atoms with E-state index in [0.29, 0.717) is 12.3 Å². The van der Waals surface area contributed by atoms with E-state index >= 15 is 0 Å². The molecule has 0 aromatic carbocycles. The van der Waals surface area contributed by atoms with E-state index in [2.05, 4.69) is 33.1 Å². The number of halogens is 1. The van der Waals surface area contributed by atoms with Gasteiger partial charge in [0.15, 0.2) is 5.65 Å². The fraction of sp³-hybridized carbons (Fsp3) is 0.462. The normalized spacial score (nSPS) is 26.9. The first-order valence-corrected chi connectivity index (χ1v) is 7.08. The van der Waals surface area contributed by atoms with Gasteiger partial charge in [0, 0.05) is 16.6 Å². The van der Waals surface area contributed by atoms with Gasteiger partial charge in [-0.2, -0.15) is 0 Å². The molecule has 3 rings (SSSR count). The Kier molecular flexibility index (Phi) is 3.05. The average molecular weight is 324 g/mol. The molecule has 2 aromatic heterocycles. The summed E-state index contributed by atoms with van der Waals surface area (Å²) in [6.07, 6.45) is 3.46. The second kappa shape index (κ2) is 4.59. The minimum atomic E-state index is -0.735. The van der Waals surface area contributed by atoms with Crippen molar-refractivity contribution in [3.8, 4) is 0 Å². The fourth-order valence-corrected chi connectivity index (χ4v) is 3.32. The Morgan fingerprint density at radius 3 is 2.95 bits per heavy atom. The summed E-state index contributed by atoms with van der Waals surface area (Å²) >= 11 is 3.42. The zero-order valence-electron chi connectivity index (χ0n) is 10.5. The van der Waals surface area contributed by atoms with Gasteiger partial charge in [-0.05, 0) is 46.8 Å². The molecule has 0 saturated heterocycles. The zero-order chi connectivity index (χ0) is 13.6. The highest BCUT2D eigenvalue weighted by atomic mass is 79.9. The smallest absolute Gasteiger partial charge is 0.307 e. The van der Waals surface area contributed by atoms with Gasteiger partial charge in [0.05, 0.1) is 5.92 Å². The van der Waals surface area contributed by atoms with Crippen LogP contribution >= 0.6 is 15.9 Å². The fourth-order valence-electron chi connectivity index (χ4n) is 2.99. The molecule has 0 spiro atoms. The Labute approximate surface area is 118 Å². The second-order valence-electron chi connectivity index (χ2n) is 5.26. The number of aliphatic carboxylic acids is 1. The van der Waals surface area contributed by atoms with Gasteiger partial charge < -0.3 is 5.11 Å². The maximum absolute atomic E-state index is 11.4. The number of hydrogen-bond donors (Lipinski definition) is 1. The minimum absolute atomic E-state index is 0.0585. The molecule has 6 heteroatoms. The van der Waals surface area contributed by atoms with Crippen molar-refractivity contribution in [1.82, 2.24) is 14.6 Å². The molecule has 5 nitrogen and oxygen atoms in total. The molecule has 0 radical (unpaired) electrons. The van der Waals surface area contributed by atoms with Crippen molar-refractivity contribution in [2.75, 3.05) is 0 Å². The van der Waals surface area contributed by atoms with Gasteiger partial charge in [-0.25, -0.2) is 0 Å². The van der Waals surface area contributed by atoms with Crippen molar-refractivity contribution in [2.45, 2.75) is 25.7 Å². The van der Waals surface area contributed by atoms with Crippen LogP contribution in [0.3, 0.4) is 0 Å². The van der Waals surface area contributed by atoms with Crippen molar-refractivity contribution in [3.63, 3.8) is 0 Å². The summed E-state index contributed by atoms with van der Waals surface area (Å²) in [5.74, 6) is 0.0120. The summed E-state index contributed by atoms with van der Waals surface area (Å²) in [7, 11) is 0. The van der Waals surface area contributed by atoms with E-state index in [4.69, 9.17) is 0 Å². The monoisotopic (exact) mass is 323 g/mol. The highest BCUT2D eigenvalue weighted by molar-refractivity contribution is 9.10. The van der Waals surface area contributed by atoms with Gasteiger partial charge in [-0.15, -0.1) is 10.2 Å². The van der Waals surface area contributed by atoms with Crippen LogP contribution in [0.4, 0.5) is 0 Å². The van der Waals surface area contributed by atoms with Crippen LogP contribution in [0.25, 0.3) is 5.65 Å². The van der Waals surface area contributed by atoms with Crippen LogP contribution in [0.1, 0.15) is 31.5 Å². The lowest BCUT2D eigenvalue weighted by Gasteiger charge is -2.13. The molecule has 1 aliphatic carbocycles. The van der Waals surface area contributed by atoms with E-state index in [1.807, 2.05) is 22.7 Å². The first-order chi connectivity index (χ1) is 9.06. The molecule has 1 N–H and O–H groups in total. The molecule has 1 fully saturated rings. The Balaban J connectivity index is 2.08. The quantitative estimate of drug-likeness (QED) is 0.922. The standard InChI is InChI=1S/C13H14BrN3O2/c1-7-4-9(10(5-7)13(18)19)12-16-15-11-3-2-8(14)6-17(11)12/h2-3,6-7,9-10H,4-5H2,1H3,(H,18,19). The average Bonchev–Trinajstić information content (AvgIpc) is 2.91. The van der Waals surface area contributed by atoms with Gasteiger partial charge >= 0.3 is 5.97 Å². The molecule has 2 aromatic rings. The third-order valence-corrected chi connectivity index (χ3v) is 4.31. The molecule has 0 aliphatic heterocycles. The molecule has 2 heterocycles. The molecule has 0 bridgehead atoms. The Morgan fingerprint density at radius 2 is 2.21 bits per heavy atom. The van der Waals surface area contributed by atoms with Crippen molar-refractivity contribution in [3.05, 3.63) is 28.6 Å². The van der Waals surface area contributed by atoms with Gasteiger partial charge in [-0.3, -0.25) is 9.20 Å². The number of carbonyl (C=O) groups is 1. The van der Waals surface area contributed by atoms with Crippen molar-refractivity contribution in [2.24, 2.45) is 11.8 Å². The molecule has 1 aliphatic rings. The van der Waals surface area contributed by atoms with Gasteiger partial charge in [0.1, 0.15) is 5.82 Å². The molecule has 0 amide bonds. The molecule has 3 unspecified atom stereocenters. The molecule has 1 saturated carbocycles. The summed E-state index contributed by atoms with van der Waals surface area (Å²) in [6, 6.07) is 3.77. The van der Waals surface area contributed by atoms with E-state index in [1.165, 1.54) is 0 Å². The summed E-state index contributed by atoms with van der Waals surface area (Å²) < 4.78 is 2.82. The van der Waals surface area contributed by atoms with Crippen LogP contribution in [0.2, 0.25) is 0 Å². The van der Waals surface area contributed by atoms with Crippen LogP contribution in [0, 0.1) is 11.8 Å². The topological polar surface area (TPSA) is 67.5 Å². The highest BCUT2D eigenvalue weighted by Crippen LogP contribution is 2.42. The van der Waals surface area contributed by atoms with E-state index in [1.54, 1.807) is 0 Å². The van der Waals surface area contributed by atoms with E-state index in [0.717, 1.165) is 22.4 Å². The number of carboxylic acids is 1. The van der Waals surface area contributed by atoms with E-state index in [9.17, 15) is 9.90 Å². The minimum Gasteiger partial charge on any atom is -0.481 e. The van der Waals surface area contributed by atoms with Crippen molar-refractivity contribution >= 4 is 27.5 Å². The lowest BCUT2D eigenvalue weighted by atomic mass is 9.95. The number of rotatable bonds is 2. The van der Waals surface area contributed by atoms with Crippen LogP contribution < -0.4 is 0 Å². The Morgan fingerprint density at radius 1 is 1.42 bits per heavy atom. The highest BCUT2D eigenvalue weighted by Gasteiger charge is 2.40. The van der Waals surface area contributed by atoms with Crippen LogP contribution in [0.5, 0.6) is 0 Å². The van der Waals surface area contributed by atoms with Crippen LogP contribution in [0.15, 0.2) is 22.8 Å². The number of fused-ring (bicyclic) bond motifs is 1. The zero-order valence-corrected chi connectivity index (χ0v) is 12.0. The lowest BCUT2D eigenvalue weighted by Crippen LogP contribution is -2.18. The predicted molar refractivity (Wildman–Crippen MR) is 73.0 cm³/mol. The second-order valence-corrected chi connectivity index (χ2v) is 6.18. The molecular weight excluding hydrogens is 310 g/mol. The van der Waals surface area contributed by atoms with Crippen LogP contribution in [-0.4, -0.2) is 25.7 Å². The third-order valence-electron chi connectivity index (χ3n) is 3.84. The summed E-state index contributed by atoms with van der Waals surface area (Å²) in [6.45, 7) is 2.09. The molecule has 19 heavy (non-hydrogen) atoms. The number of carboxylic acid groups (broad SMARTS) is 1. The Bertz CT molecular complexity index is 640. The van der Waals surface area contributed by atoms with Crippen molar-refractivity contribution < 1.29 is 9.90 Å². The van der Waals surface area contributed by atoms with Gasteiger partial charge in [0.2, 0.25) is 0 Å². The SMILES string of the molecule is CC1CC(C(=O)O)C(c2nnc3ccc(Br)cn23)C1.